The van der Waals surface area contributed by atoms with Gasteiger partial charge in [0.2, 0.25) is 5.91 Å². The highest BCUT2D eigenvalue weighted by atomic mass is 35.5. The molecule has 0 atom stereocenters. The van der Waals surface area contributed by atoms with Crippen LogP contribution in [0.1, 0.15) is 12.0 Å². The van der Waals surface area contributed by atoms with E-state index in [0.717, 1.165) is 0 Å². The van der Waals surface area contributed by atoms with E-state index in [1.165, 1.54) is 30.4 Å². The summed E-state index contributed by atoms with van der Waals surface area (Å²) < 4.78 is 0. The lowest BCUT2D eigenvalue weighted by Gasteiger charge is -1.97. The van der Waals surface area contributed by atoms with Crippen molar-refractivity contribution in [1.29, 1.82) is 0 Å². The van der Waals surface area contributed by atoms with Gasteiger partial charge in [-0.05, 0) is 11.6 Å². The third kappa shape index (κ3) is 3.36. The van der Waals surface area contributed by atoms with E-state index in [1.54, 1.807) is 0 Å². The van der Waals surface area contributed by atoms with Crippen molar-refractivity contribution in [3.63, 3.8) is 0 Å². The quantitative estimate of drug-likeness (QED) is 0.646. The van der Waals surface area contributed by atoms with Gasteiger partial charge in [-0.15, -0.1) is 0 Å². The number of hydrogen-bond acceptors (Lipinski definition) is 3. The number of nitrogens with two attached hydrogens (primary N) is 1. The zero-order valence-corrected chi connectivity index (χ0v) is 8.98. The van der Waals surface area contributed by atoms with Crippen LogP contribution in [0.25, 0.3) is 6.08 Å². The number of nitrogens with zero attached hydrogens (tertiary/aromatic N) is 1. The standard InChI is InChI=1S/C10H9ClN2O3/c11-9-5-4-8(13(15)16)6-7(9)2-1-3-10(12)14/h1-2,4-6H,3H2,(H2,12,14). The Morgan fingerprint density at radius 2 is 2.25 bits per heavy atom. The molecule has 0 aliphatic heterocycles. The summed E-state index contributed by atoms with van der Waals surface area (Å²) in [7, 11) is 0. The zero-order valence-electron chi connectivity index (χ0n) is 8.22. The minimum atomic E-state index is -0.512. The van der Waals surface area contributed by atoms with E-state index in [9.17, 15) is 14.9 Å². The fourth-order valence-electron chi connectivity index (χ4n) is 1.07. The van der Waals surface area contributed by atoms with Crippen molar-refractivity contribution in [1.82, 2.24) is 0 Å². The van der Waals surface area contributed by atoms with Crippen molar-refractivity contribution in [2.24, 2.45) is 5.73 Å². The van der Waals surface area contributed by atoms with Gasteiger partial charge >= 0.3 is 0 Å². The molecule has 2 N–H and O–H groups in total. The number of nitro benzene ring substituents is 1. The van der Waals surface area contributed by atoms with E-state index in [-0.39, 0.29) is 12.1 Å². The SMILES string of the molecule is NC(=O)CC=Cc1cc([N+](=O)[O-])ccc1Cl. The van der Waals surface area contributed by atoms with Crippen molar-refractivity contribution in [2.45, 2.75) is 6.42 Å². The second-order valence-corrected chi connectivity index (χ2v) is 3.44. The van der Waals surface area contributed by atoms with E-state index in [4.69, 9.17) is 17.3 Å². The predicted molar refractivity (Wildman–Crippen MR) is 61.0 cm³/mol. The summed E-state index contributed by atoms with van der Waals surface area (Å²) in [5.74, 6) is -0.474. The fourth-order valence-corrected chi connectivity index (χ4v) is 1.26. The second kappa shape index (κ2) is 5.27. The second-order valence-electron chi connectivity index (χ2n) is 3.04. The van der Waals surface area contributed by atoms with Gasteiger partial charge in [0.1, 0.15) is 0 Å². The number of carbonyl (C=O) groups excluding carboxylic acids is 1. The Morgan fingerprint density at radius 3 is 2.81 bits per heavy atom. The van der Waals surface area contributed by atoms with Crippen LogP contribution in [0.5, 0.6) is 0 Å². The summed E-state index contributed by atoms with van der Waals surface area (Å²) >= 11 is 5.83. The van der Waals surface area contributed by atoms with Gasteiger partial charge in [0, 0.05) is 23.6 Å². The smallest absolute Gasteiger partial charge is 0.270 e. The molecule has 1 aromatic rings. The average Bonchev–Trinajstić information content (AvgIpc) is 2.20. The average molecular weight is 241 g/mol. The van der Waals surface area contributed by atoms with Gasteiger partial charge in [0.15, 0.2) is 0 Å². The molecule has 1 amide bonds. The monoisotopic (exact) mass is 240 g/mol. The summed E-state index contributed by atoms with van der Waals surface area (Å²) in [6.07, 6.45) is 3.10. The zero-order chi connectivity index (χ0) is 12.1. The highest BCUT2D eigenvalue weighted by Gasteiger charge is 2.07. The molecule has 84 valence electrons. The predicted octanol–water partition coefficient (Wildman–Crippen LogP) is 2.14. The van der Waals surface area contributed by atoms with E-state index in [0.29, 0.717) is 10.6 Å². The van der Waals surface area contributed by atoms with E-state index >= 15 is 0 Å². The Labute approximate surface area is 96.7 Å². The van der Waals surface area contributed by atoms with Crippen LogP contribution in [0.15, 0.2) is 24.3 Å². The summed E-state index contributed by atoms with van der Waals surface area (Å²) in [4.78, 5) is 20.5. The number of benzene rings is 1. The normalized spacial score (nSPS) is 10.6. The maximum absolute atomic E-state index is 10.5. The fraction of sp³-hybridized carbons (Fsp3) is 0.100. The molecule has 0 bridgehead atoms. The van der Waals surface area contributed by atoms with E-state index in [1.807, 2.05) is 0 Å². The molecular weight excluding hydrogens is 232 g/mol. The minimum Gasteiger partial charge on any atom is -0.369 e. The molecule has 0 aliphatic carbocycles. The van der Waals surface area contributed by atoms with Crippen LogP contribution in [0, 0.1) is 10.1 Å². The van der Waals surface area contributed by atoms with Crippen molar-refractivity contribution in [2.75, 3.05) is 0 Å². The van der Waals surface area contributed by atoms with Gasteiger partial charge in [-0.2, -0.15) is 0 Å². The topological polar surface area (TPSA) is 86.2 Å². The van der Waals surface area contributed by atoms with Crippen molar-refractivity contribution < 1.29 is 9.72 Å². The molecule has 0 spiro atoms. The largest absolute Gasteiger partial charge is 0.369 e. The van der Waals surface area contributed by atoms with Gasteiger partial charge in [-0.25, -0.2) is 0 Å². The van der Waals surface area contributed by atoms with Gasteiger partial charge in [0.05, 0.1) is 4.92 Å². The number of amides is 1. The van der Waals surface area contributed by atoms with E-state index < -0.39 is 10.8 Å². The molecule has 0 heterocycles. The Kier molecular flexibility index (Phi) is 4.02. The molecule has 5 nitrogen and oxygen atoms in total. The third-order valence-corrected chi connectivity index (χ3v) is 2.15. The van der Waals surface area contributed by atoms with Crippen LogP contribution < -0.4 is 5.73 Å². The molecule has 0 unspecified atom stereocenters. The van der Waals surface area contributed by atoms with Crippen LogP contribution in [0.3, 0.4) is 0 Å². The molecule has 6 heteroatoms. The first-order valence-electron chi connectivity index (χ1n) is 4.39. The Bertz CT molecular complexity index is 457. The molecular formula is C10H9ClN2O3. The van der Waals surface area contributed by atoms with E-state index in [2.05, 4.69) is 0 Å². The van der Waals surface area contributed by atoms with Crippen molar-refractivity contribution in [3.8, 4) is 0 Å². The highest BCUT2D eigenvalue weighted by Crippen LogP contribution is 2.23. The first kappa shape index (κ1) is 12.2. The molecule has 0 radical (unpaired) electrons. The van der Waals surface area contributed by atoms with Gasteiger partial charge in [-0.3, -0.25) is 14.9 Å². The Morgan fingerprint density at radius 1 is 1.56 bits per heavy atom. The number of hydrogen-bond donors (Lipinski definition) is 1. The first-order valence-corrected chi connectivity index (χ1v) is 4.77. The van der Waals surface area contributed by atoms with Crippen LogP contribution in [-0.4, -0.2) is 10.8 Å². The van der Waals surface area contributed by atoms with Gasteiger partial charge in [0.25, 0.3) is 5.69 Å². The lowest BCUT2D eigenvalue weighted by Crippen LogP contribution is -2.07. The van der Waals surface area contributed by atoms with Crippen LogP contribution in [0.4, 0.5) is 5.69 Å². The van der Waals surface area contributed by atoms with Crippen molar-refractivity contribution >= 4 is 29.3 Å². The lowest BCUT2D eigenvalue weighted by molar-refractivity contribution is -0.384. The Hall–Kier alpha value is -1.88. The molecule has 1 aromatic carbocycles. The van der Waals surface area contributed by atoms with Gasteiger partial charge < -0.3 is 5.73 Å². The molecule has 0 fully saturated rings. The van der Waals surface area contributed by atoms with Crippen molar-refractivity contribution in [3.05, 3.63) is 45.0 Å². The number of primary amides is 1. The summed E-state index contributed by atoms with van der Waals surface area (Å²) in [6, 6.07) is 4.08. The number of rotatable bonds is 4. The lowest BCUT2D eigenvalue weighted by atomic mass is 10.1. The van der Waals surface area contributed by atoms with Crippen LogP contribution in [0.2, 0.25) is 5.02 Å². The number of non-ortho nitro benzene ring substituents is 1. The minimum absolute atomic E-state index is 0.0527. The molecule has 1 rings (SSSR count). The number of nitro groups is 1. The summed E-state index contributed by atoms with van der Waals surface area (Å²) in [5, 5.41) is 10.9. The highest BCUT2D eigenvalue weighted by molar-refractivity contribution is 6.32. The molecule has 0 saturated heterocycles. The first-order chi connectivity index (χ1) is 7.50. The third-order valence-electron chi connectivity index (χ3n) is 1.81. The molecule has 0 saturated carbocycles. The summed E-state index contributed by atoms with van der Waals surface area (Å²) in [5.41, 5.74) is 5.37. The maximum atomic E-state index is 10.5. The molecule has 0 aliphatic rings. The molecule has 0 aromatic heterocycles. The Balaban J connectivity index is 2.94. The maximum Gasteiger partial charge on any atom is 0.270 e. The molecule has 16 heavy (non-hydrogen) atoms. The van der Waals surface area contributed by atoms with Crippen LogP contribution in [-0.2, 0) is 4.79 Å². The van der Waals surface area contributed by atoms with Crippen LogP contribution >= 0.6 is 11.6 Å². The number of carbonyl (C=O) groups is 1. The number of halogens is 1. The summed E-state index contributed by atoms with van der Waals surface area (Å²) in [6.45, 7) is 0. The van der Waals surface area contributed by atoms with Gasteiger partial charge in [-0.1, -0.05) is 23.8 Å².